The summed E-state index contributed by atoms with van der Waals surface area (Å²) in [6, 6.07) is 4.50. The zero-order chi connectivity index (χ0) is 13.7. The maximum Gasteiger partial charge on any atom is 0.341 e. The van der Waals surface area contributed by atoms with Crippen molar-refractivity contribution in [2.24, 2.45) is 0 Å². The monoisotopic (exact) mass is 334 g/mol. The first-order chi connectivity index (χ1) is 8.45. The minimum Gasteiger partial charge on any atom is -0.482 e. The molecule has 0 aromatic heterocycles. The zero-order valence-corrected chi connectivity index (χ0v) is 12.0. The van der Waals surface area contributed by atoms with E-state index in [0.29, 0.717) is 17.7 Å². The molecule has 0 fully saturated rings. The molecule has 98 valence electrons. The van der Waals surface area contributed by atoms with Crippen LogP contribution in [0.2, 0.25) is 5.02 Å². The minimum absolute atomic E-state index is 0.104. The van der Waals surface area contributed by atoms with Crippen LogP contribution in [-0.2, 0) is 4.79 Å². The summed E-state index contributed by atoms with van der Waals surface area (Å²) < 4.78 is 4.96. The Morgan fingerprint density at radius 3 is 2.67 bits per heavy atom. The van der Waals surface area contributed by atoms with Crippen LogP contribution in [0.4, 0.5) is 0 Å². The number of carbonyl (C=O) groups is 2. The van der Waals surface area contributed by atoms with Gasteiger partial charge >= 0.3 is 5.97 Å². The van der Waals surface area contributed by atoms with Gasteiger partial charge in [-0.25, -0.2) is 4.79 Å². The molecule has 6 heteroatoms. The second-order valence-corrected chi connectivity index (χ2v) is 5.08. The summed E-state index contributed by atoms with van der Waals surface area (Å²) in [6.45, 7) is 1.44. The molecule has 1 atom stereocenters. The molecule has 1 aromatic carbocycles. The van der Waals surface area contributed by atoms with E-state index in [2.05, 4.69) is 15.9 Å². The van der Waals surface area contributed by atoms with Crippen LogP contribution < -0.4 is 4.74 Å². The van der Waals surface area contributed by atoms with E-state index in [9.17, 15) is 9.59 Å². The molecule has 0 saturated heterocycles. The van der Waals surface area contributed by atoms with Crippen molar-refractivity contribution < 1.29 is 19.4 Å². The van der Waals surface area contributed by atoms with Gasteiger partial charge in [-0.1, -0.05) is 34.5 Å². The molecule has 1 N–H and O–H groups in total. The van der Waals surface area contributed by atoms with Gasteiger partial charge in [-0.3, -0.25) is 4.79 Å². The van der Waals surface area contributed by atoms with Crippen LogP contribution in [0.5, 0.6) is 5.75 Å². The number of carboxylic acids is 1. The van der Waals surface area contributed by atoms with Crippen LogP contribution in [0.25, 0.3) is 0 Å². The second kappa shape index (κ2) is 6.75. The van der Waals surface area contributed by atoms with Crippen LogP contribution in [-0.4, -0.2) is 28.3 Å². The molecular weight excluding hydrogens is 323 g/mol. The molecule has 18 heavy (non-hydrogen) atoms. The van der Waals surface area contributed by atoms with Crippen LogP contribution in [0.15, 0.2) is 18.2 Å². The van der Waals surface area contributed by atoms with E-state index in [-0.39, 0.29) is 15.6 Å². The summed E-state index contributed by atoms with van der Waals surface area (Å²) in [5.74, 6) is -0.855. The Bertz CT molecular complexity index is 461. The standard InChI is InChI=1S/C12H12BrClO4/c1-2-9(13)12(17)8-4-3-7(5-10(8)14)18-6-11(15)16/h3-5,9H,2,6H2,1H3,(H,15,16). The average molecular weight is 336 g/mol. The number of rotatable bonds is 6. The molecule has 0 aliphatic rings. The highest BCUT2D eigenvalue weighted by Gasteiger charge is 2.18. The predicted octanol–water partition coefficient (Wildman–Crippen LogP) is 3.16. The minimum atomic E-state index is -1.07. The first-order valence-electron chi connectivity index (χ1n) is 5.28. The van der Waals surface area contributed by atoms with Gasteiger partial charge in [0.15, 0.2) is 12.4 Å². The number of Topliss-reactive ketones (excluding diaryl/α,β-unsaturated/α-hetero) is 1. The number of ketones is 1. The van der Waals surface area contributed by atoms with E-state index in [0.717, 1.165) is 0 Å². The second-order valence-electron chi connectivity index (χ2n) is 3.56. The Labute approximate surface area is 118 Å². The topological polar surface area (TPSA) is 63.6 Å². The quantitative estimate of drug-likeness (QED) is 0.641. The van der Waals surface area contributed by atoms with Crippen molar-refractivity contribution in [3.05, 3.63) is 28.8 Å². The largest absolute Gasteiger partial charge is 0.482 e. The zero-order valence-electron chi connectivity index (χ0n) is 9.65. The third-order valence-electron chi connectivity index (χ3n) is 2.21. The van der Waals surface area contributed by atoms with Gasteiger partial charge in [-0.15, -0.1) is 0 Å². The Morgan fingerprint density at radius 1 is 1.50 bits per heavy atom. The lowest BCUT2D eigenvalue weighted by Crippen LogP contribution is -2.14. The molecule has 0 bridgehead atoms. The van der Waals surface area contributed by atoms with Crippen LogP contribution in [0.3, 0.4) is 0 Å². The van der Waals surface area contributed by atoms with E-state index in [1.165, 1.54) is 18.2 Å². The predicted molar refractivity (Wildman–Crippen MR) is 71.9 cm³/mol. The fourth-order valence-electron chi connectivity index (χ4n) is 1.28. The number of halogens is 2. The molecule has 0 radical (unpaired) electrons. The normalized spacial score (nSPS) is 11.9. The van der Waals surface area contributed by atoms with E-state index in [1.54, 1.807) is 0 Å². The molecule has 1 rings (SSSR count). The Morgan fingerprint density at radius 2 is 2.17 bits per heavy atom. The van der Waals surface area contributed by atoms with Gasteiger partial charge < -0.3 is 9.84 Å². The highest BCUT2D eigenvalue weighted by atomic mass is 79.9. The number of carboxylic acid groups (broad SMARTS) is 1. The summed E-state index contributed by atoms with van der Waals surface area (Å²) in [5, 5.41) is 8.72. The van der Waals surface area contributed by atoms with Crippen molar-refractivity contribution in [2.75, 3.05) is 6.61 Å². The third-order valence-corrected chi connectivity index (χ3v) is 3.59. The first-order valence-corrected chi connectivity index (χ1v) is 6.57. The lowest BCUT2D eigenvalue weighted by molar-refractivity contribution is -0.139. The van der Waals surface area contributed by atoms with Crippen molar-refractivity contribution in [1.82, 2.24) is 0 Å². The summed E-state index contributed by atoms with van der Waals surface area (Å²) in [6.07, 6.45) is 0.659. The SMILES string of the molecule is CCC(Br)C(=O)c1ccc(OCC(=O)O)cc1Cl. The van der Waals surface area contributed by atoms with E-state index >= 15 is 0 Å². The van der Waals surface area contributed by atoms with Gasteiger partial charge in [0.05, 0.1) is 9.85 Å². The van der Waals surface area contributed by atoms with Crippen LogP contribution in [0.1, 0.15) is 23.7 Å². The maximum atomic E-state index is 11.9. The van der Waals surface area contributed by atoms with Crippen molar-refractivity contribution in [3.63, 3.8) is 0 Å². The molecule has 0 spiro atoms. The number of hydrogen-bond acceptors (Lipinski definition) is 3. The van der Waals surface area contributed by atoms with Gasteiger partial charge in [-0.2, -0.15) is 0 Å². The van der Waals surface area contributed by atoms with Crippen LogP contribution in [0, 0.1) is 0 Å². The van der Waals surface area contributed by atoms with Crippen molar-refractivity contribution in [3.8, 4) is 5.75 Å². The Hall–Kier alpha value is -1.07. The molecule has 0 aliphatic heterocycles. The highest BCUT2D eigenvalue weighted by Crippen LogP contribution is 2.25. The number of ether oxygens (including phenoxy) is 1. The molecule has 0 saturated carbocycles. The number of benzene rings is 1. The van der Waals surface area contributed by atoms with Gasteiger partial charge in [0, 0.05) is 5.56 Å². The lowest BCUT2D eigenvalue weighted by atomic mass is 10.1. The van der Waals surface area contributed by atoms with E-state index in [1.807, 2.05) is 6.92 Å². The Kier molecular flexibility index (Phi) is 5.62. The molecule has 0 amide bonds. The highest BCUT2D eigenvalue weighted by molar-refractivity contribution is 9.10. The lowest BCUT2D eigenvalue weighted by Gasteiger charge is -2.09. The molecule has 0 aliphatic carbocycles. The molecule has 1 unspecified atom stereocenters. The van der Waals surface area contributed by atoms with Gasteiger partial charge in [0.25, 0.3) is 0 Å². The van der Waals surface area contributed by atoms with E-state index < -0.39 is 12.6 Å². The third kappa shape index (κ3) is 3.99. The van der Waals surface area contributed by atoms with Crippen molar-refractivity contribution >= 4 is 39.3 Å². The summed E-state index contributed by atoms with van der Waals surface area (Å²) in [7, 11) is 0. The number of alkyl halides is 1. The van der Waals surface area contributed by atoms with Gasteiger partial charge in [-0.05, 0) is 24.6 Å². The summed E-state index contributed by atoms with van der Waals surface area (Å²) in [4.78, 5) is 22.0. The van der Waals surface area contributed by atoms with E-state index in [4.69, 9.17) is 21.4 Å². The average Bonchev–Trinajstić information content (AvgIpc) is 2.34. The molecule has 4 nitrogen and oxygen atoms in total. The number of carbonyl (C=O) groups excluding carboxylic acids is 1. The summed E-state index contributed by atoms with van der Waals surface area (Å²) >= 11 is 9.24. The molecule has 0 heterocycles. The Balaban J connectivity index is 2.85. The maximum absolute atomic E-state index is 11.9. The smallest absolute Gasteiger partial charge is 0.341 e. The van der Waals surface area contributed by atoms with Crippen molar-refractivity contribution in [2.45, 2.75) is 18.2 Å². The van der Waals surface area contributed by atoms with Gasteiger partial charge in [0.1, 0.15) is 5.75 Å². The molecule has 1 aromatic rings. The number of hydrogen-bond donors (Lipinski definition) is 1. The van der Waals surface area contributed by atoms with Crippen molar-refractivity contribution in [1.29, 1.82) is 0 Å². The van der Waals surface area contributed by atoms with Crippen LogP contribution >= 0.6 is 27.5 Å². The molecular formula is C12H12BrClO4. The fraction of sp³-hybridized carbons (Fsp3) is 0.333. The summed E-state index contributed by atoms with van der Waals surface area (Å²) in [5.41, 5.74) is 0.392. The first kappa shape index (κ1) is 15.0. The fourth-order valence-corrected chi connectivity index (χ4v) is 1.79. The van der Waals surface area contributed by atoms with Gasteiger partial charge in [0.2, 0.25) is 0 Å². The number of aliphatic carboxylic acids is 1.